The van der Waals surface area contributed by atoms with Crippen molar-refractivity contribution in [3.05, 3.63) is 0 Å². The summed E-state index contributed by atoms with van der Waals surface area (Å²) in [6.07, 6.45) is 1.29. The van der Waals surface area contributed by atoms with Crippen molar-refractivity contribution in [1.82, 2.24) is 10.6 Å². The van der Waals surface area contributed by atoms with Gasteiger partial charge in [0.1, 0.15) is 0 Å². The molecule has 0 spiro atoms. The van der Waals surface area contributed by atoms with Gasteiger partial charge >= 0.3 is 0 Å². The number of hydrogen-bond donors (Lipinski definition) is 2. The maximum absolute atomic E-state index is 11.8. The van der Waals surface area contributed by atoms with E-state index in [0.29, 0.717) is 19.1 Å². The average molecular weight is 228 g/mol. The maximum atomic E-state index is 11.8. The van der Waals surface area contributed by atoms with Crippen LogP contribution in [0.15, 0.2) is 0 Å². The summed E-state index contributed by atoms with van der Waals surface area (Å²) in [7, 11) is 0. The molecule has 0 bridgehead atoms. The van der Waals surface area contributed by atoms with Gasteiger partial charge < -0.3 is 15.4 Å². The molecule has 1 rings (SSSR count). The molecule has 1 fully saturated rings. The lowest BCUT2D eigenvalue weighted by molar-refractivity contribution is -0.129. The van der Waals surface area contributed by atoms with Crippen molar-refractivity contribution in [3.63, 3.8) is 0 Å². The van der Waals surface area contributed by atoms with Crippen LogP contribution in [-0.2, 0) is 9.53 Å². The quantitative estimate of drug-likeness (QED) is 0.735. The highest BCUT2D eigenvalue weighted by molar-refractivity contribution is 5.81. The van der Waals surface area contributed by atoms with Gasteiger partial charge in [-0.2, -0.15) is 0 Å². The molecule has 1 heterocycles. The fourth-order valence-electron chi connectivity index (χ4n) is 1.87. The summed E-state index contributed by atoms with van der Waals surface area (Å²) in [6, 6.07) is 0.383. The van der Waals surface area contributed by atoms with E-state index in [2.05, 4.69) is 17.6 Å². The van der Waals surface area contributed by atoms with Crippen LogP contribution in [-0.4, -0.2) is 37.7 Å². The average Bonchev–Trinajstić information content (AvgIpc) is 2.61. The zero-order valence-electron chi connectivity index (χ0n) is 10.8. The fraction of sp³-hybridized carbons (Fsp3) is 0.917. The molecule has 16 heavy (non-hydrogen) atoms. The van der Waals surface area contributed by atoms with Crippen LogP contribution in [0.1, 0.15) is 34.1 Å². The Morgan fingerprint density at radius 2 is 2.19 bits per heavy atom. The Morgan fingerprint density at radius 3 is 2.69 bits per heavy atom. The number of amides is 1. The Hall–Kier alpha value is -0.610. The van der Waals surface area contributed by atoms with Gasteiger partial charge in [-0.3, -0.25) is 4.79 Å². The highest BCUT2D eigenvalue weighted by Crippen LogP contribution is 2.17. The van der Waals surface area contributed by atoms with Crippen molar-refractivity contribution >= 4 is 5.91 Å². The number of nitrogens with one attached hydrogen (secondary N) is 2. The molecule has 0 aromatic carbocycles. The van der Waals surface area contributed by atoms with Crippen LogP contribution in [0.3, 0.4) is 0 Å². The second kappa shape index (κ2) is 5.64. The Kier molecular flexibility index (Phi) is 4.74. The van der Waals surface area contributed by atoms with Crippen LogP contribution in [0.25, 0.3) is 0 Å². The summed E-state index contributed by atoms with van der Waals surface area (Å²) in [6.45, 7) is 10.1. The van der Waals surface area contributed by atoms with Crippen LogP contribution < -0.4 is 10.6 Å². The second-order valence-corrected chi connectivity index (χ2v) is 5.10. The van der Waals surface area contributed by atoms with Crippen LogP contribution in [0.2, 0.25) is 0 Å². The van der Waals surface area contributed by atoms with Gasteiger partial charge in [0.15, 0.2) is 0 Å². The highest BCUT2D eigenvalue weighted by Gasteiger charge is 2.30. The topological polar surface area (TPSA) is 50.4 Å². The molecule has 0 radical (unpaired) electrons. The highest BCUT2D eigenvalue weighted by atomic mass is 16.5. The summed E-state index contributed by atoms with van der Waals surface area (Å²) in [5, 5.41) is 6.29. The van der Waals surface area contributed by atoms with E-state index in [1.54, 1.807) is 0 Å². The molecule has 2 N–H and O–H groups in total. The van der Waals surface area contributed by atoms with E-state index in [4.69, 9.17) is 4.74 Å². The normalized spacial score (nSPS) is 25.8. The zero-order valence-corrected chi connectivity index (χ0v) is 10.8. The number of carbonyl (C=O) groups excluding carboxylic acids is 1. The number of rotatable bonds is 5. The summed E-state index contributed by atoms with van der Waals surface area (Å²) < 4.78 is 5.48. The largest absolute Gasteiger partial charge is 0.377 e. The van der Waals surface area contributed by atoms with Gasteiger partial charge in [-0.15, -0.1) is 0 Å². The molecule has 0 aromatic rings. The molecule has 0 saturated carbocycles. The van der Waals surface area contributed by atoms with Crippen LogP contribution >= 0.6 is 0 Å². The minimum absolute atomic E-state index is 0.106. The molecule has 4 nitrogen and oxygen atoms in total. The molecule has 1 saturated heterocycles. The Balaban J connectivity index is 2.37. The summed E-state index contributed by atoms with van der Waals surface area (Å²) in [4.78, 5) is 11.8. The first-order valence-electron chi connectivity index (χ1n) is 6.10. The lowest BCUT2D eigenvalue weighted by Crippen LogP contribution is -2.47. The van der Waals surface area contributed by atoms with E-state index < -0.39 is 0 Å². The minimum atomic E-state index is -0.363. The number of carbonyl (C=O) groups is 1. The van der Waals surface area contributed by atoms with Gasteiger partial charge in [0, 0.05) is 25.7 Å². The molecule has 1 aliphatic heterocycles. The smallest absolute Gasteiger partial charge is 0.226 e. The van der Waals surface area contributed by atoms with Crippen molar-refractivity contribution in [3.8, 4) is 0 Å². The van der Waals surface area contributed by atoms with Crippen molar-refractivity contribution in [2.75, 3.05) is 19.7 Å². The predicted molar refractivity (Wildman–Crippen MR) is 64.3 cm³/mol. The van der Waals surface area contributed by atoms with Gasteiger partial charge in [0.25, 0.3) is 0 Å². The first kappa shape index (κ1) is 13.5. The summed E-state index contributed by atoms with van der Waals surface area (Å²) >= 11 is 0. The van der Waals surface area contributed by atoms with Crippen LogP contribution in [0.5, 0.6) is 0 Å². The standard InChI is InChI=1S/C12H24N2O2/c1-5-13-11(15)12(3,4)8-14-10-6-7-16-9(10)2/h9-10,14H,5-8H2,1-4H3,(H,13,15). The van der Waals surface area contributed by atoms with E-state index in [9.17, 15) is 4.79 Å². The van der Waals surface area contributed by atoms with E-state index in [1.807, 2.05) is 20.8 Å². The minimum Gasteiger partial charge on any atom is -0.377 e. The lowest BCUT2D eigenvalue weighted by atomic mass is 9.91. The van der Waals surface area contributed by atoms with Crippen LogP contribution in [0, 0.1) is 5.41 Å². The third kappa shape index (κ3) is 3.46. The van der Waals surface area contributed by atoms with Crippen molar-refractivity contribution in [1.29, 1.82) is 0 Å². The molecule has 94 valence electrons. The summed E-state index contributed by atoms with van der Waals surface area (Å²) in [5.74, 6) is 0.106. The predicted octanol–water partition coefficient (Wildman–Crippen LogP) is 0.916. The monoisotopic (exact) mass is 228 g/mol. The molecule has 0 aromatic heterocycles. The Bertz CT molecular complexity index is 241. The van der Waals surface area contributed by atoms with Gasteiger partial charge in [0.2, 0.25) is 5.91 Å². The van der Waals surface area contributed by atoms with Crippen molar-refractivity contribution in [2.24, 2.45) is 5.41 Å². The Labute approximate surface area is 98.1 Å². The van der Waals surface area contributed by atoms with Gasteiger partial charge in [-0.05, 0) is 34.1 Å². The van der Waals surface area contributed by atoms with Crippen molar-refractivity contribution < 1.29 is 9.53 Å². The third-order valence-corrected chi connectivity index (χ3v) is 3.13. The molecular weight excluding hydrogens is 204 g/mol. The fourth-order valence-corrected chi connectivity index (χ4v) is 1.87. The first-order chi connectivity index (χ1) is 7.47. The third-order valence-electron chi connectivity index (χ3n) is 3.13. The molecular formula is C12H24N2O2. The Morgan fingerprint density at radius 1 is 1.50 bits per heavy atom. The van der Waals surface area contributed by atoms with E-state index in [1.165, 1.54) is 0 Å². The van der Waals surface area contributed by atoms with E-state index in [-0.39, 0.29) is 17.4 Å². The number of ether oxygens (including phenoxy) is 1. The maximum Gasteiger partial charge on any atom is 0.226 e. The molecule has 2 unspecified atom stereocenters. The molecule has 1 aliphatic rings. The van der Waals surface area contributed by atoms with Gasteiger partial charge in [-0.25, -0.2) is 0 Å². The molecule has 2 atom stereocenters. The lowest BCUT2D eigenvalue weighted by Gasteiger charge is -2.26. The van der Waals surface area contributed by atoms with E-state index >= 15 is 0 Å². The summed E-state index contributed by atoms with van der Waals surface area (Å²) in [5.41, 5.74) is -0.363. The van der Waals surface area contributed by atoms with Gasteiger partial charge in [-0.1, -0.05) is 0 Å². The SMILES string of the molecule is CCNC(=O)C(C)(C)CNC1CCOC1C. The zero-order chi connectivity index (χ0) is 12.2. The first-order valence-corrected chi connectivity index (χ1v) is 6.10. The molecule has 0 aliphatic carbocycles. The van der Waals surface area contributed by atoms with Crippen molar-refractivity contribution in [2.45, 2.75) is 46.3 Å². The second-order valence-electron chi connectivity index (χ2n) is 5.10. The number of hydrogen-bond acceptors (Lipinski definition) is 3. The van der Waals surface area contributed by atoms with E-state index in [0.717, 1.165) is 13.0 Å². The van der Waals surface area contributed by atoms with Crippen LogP contribution in [0.4, 0.5) is 0 Å². The molecule has 4 heteroatoms. The molecule has 1 amide bonds. The van der Waals surface area contributed by atoms with Gasteiger partial charge in [0.05, 0.1) is 11.5 Å².